The van der Waals surface area contributed by atoms with Crippen molar-refractivity contribution in [3.63, 3.8) is 0 Å². The van der Waals surface area contributed by atoms with Gasteiger partial charge in [0.25, 0.3) is 0 Å². The number of fused-ring (bicyclic) bond motifs is 1. The molecule has 1 heterocycles. The highest BCUT2D eigenvalue weighted by atomic mass is 32.2. The second kappa shape index (κ2) is 3.71. The Morgan fingerprint density at radius 3 is 2.63 bits per heavy atom. The summed E-state index contributed by atoms with van der Waals surface area (Å²) in [5.74, 6) is -1.07. The van der Waals surface area contributed by atoms with Crippen LogP contribution in [0.5, 0.6) is 0 Å². The van der Waals surface area contributed by atoms with Crippen molar-refractivity contribution in [1.29, 1.82) is 0 Å². The van der Waals surface area contributed by atoms with Crippen molar-refractivity contribution < 1.29 is 14.8 Å². The molecule has 2 atom stereocenters. The number of carboxylic acid groups (broad SMARTS) is 1. The Hall–Kier alpha value is -2.08. The fourth-order valence-corrected chi connectivity index (χ4v) is 3.89. The summed E-state index contributed by atoms with van der Waals surface area (Å²) in [6.07, 6.45) is 6.59. The minimum atomic E-state index is -1.27. The predicted molar refractivity (Wildman–Crippen MR) is 70.7 cm³/mol. The molecule has 2 aliphatic rings. The molecular weight excluding hydrogens is 266 g/mol. The van der Waals surface area contributed by atoms with Crippen molar-refractivity contribution >= 4 is 17.7 Å². The van der Waals surface area contributed by atoms with Gasteiger partial charge in [-0.15, -0.1) is 0 Å². The molecule has 1 fully saturated rings. The number of thioether (sulfide) groups is 1. The standard InChI is InChI=1S/C13H9NO4S/c15-11(16)9-5-1-2-6-10(9)12-7-3-4-8-13(12,19-12)14(17)18/h1-8H,(H,15,16). The van der Waals surface area contributed by atoms with Crippen LogP contribution in [0.4, 0.5) is 0 Å². The Balaban J connectivity index is 2.19. The quantitative estimate of drug-likeness (QED) is 0.520. The Labute approximate surface area is 112 Å². The monoisotopic (exact) mass is 275 g/mol. The maximum Gasteiger partial charge on any atom is 0.336 e. The zero-order valence-electron chi connectivity index (χ0n) is 9.65. The first-order valence-electron chi connectivity index (χ1n) is 5.58. The van der Waals surface area contributed by atoms with E-state index in [4.69, 9.17) is 0 Å². The Kier molecular flexibility index (Phi) is 2.34. The van der Waals surface area contributed by atoms with Gasteiger partial charge in [-0.05, 0) is 23.4 Å². The number of nitro groups is 1. The highest BCUT2D eigenvalue weighted by molar-refractivity contribution is 8.09. The zero-order chi connectivity index (χ0) is 13.7. The normalized spacial score (nSPS) is 30.7. The molecule has 3 rings (SSSR count). The lowest BCUT2D eigenvalue weighted by Crippen LogP contribution is -2.31. The Bertz CT molecular complexity index is 654. The van der Waals surface area contributed by atoms with Crippen LogP contribution < -0.4 is 0 Å². The van der Waals surface area contributed by atoms with Crippen LogP contribution in [0.1, 0.15) is 15.9 Å². The Morgan fingerprint density at radius 1 is 1.26 bits per heavy atom. The minimum absolute atomic E-state index is 0.110. The molecule has 0 bridgehead atoms. The van der Waals surface area contributed by atoms with Crippen molar-refractivity contribution in [1.82, 2.24) is 0 Å². The molecule has 1 aromatic rings. The van der Waals surface area contributed by atoms with E-state index in [1.165, 1.54) is 12.1 Å². The van der Waals surface area contributed by atoms with Crippen LogP contribution in [0.2, 0.25) is 0 Å². The minimum Gasteiger partial charge on any atom is -0.478 e. The summed E-state index contributed by atoms with van der Waals surface area (Å²) in [4.78, 5) is 21.0. The molecule has 1 aliphatic carbocycles. The van der Waals surface area contributed by atoms with E-state index in [0.717, 1.165) is 11.8 Å². The SMILES string of the molecule is O=C(O)c1ccccc1C12C=CC=CC1([N+](=O)[O-])S2. The van der Waals surface area contributed by atoms with Crippen molar-refractivity contribution in [3.05, 3.63) is 69.8 Å². The van der Waals surface area contributed by atoms with E-state index in [1.54, 1.807) is 36.4 Å². The summed E-state index contributed by atoms with van der Waals surface area (Å²) in [5, 5.41) is 20.6. The van der Waals surface area contributed by atoms with Gasteiger partial charge in [0, 0.05) is 11.0 Å². The molecular formula is C13H9NO4S. The number of nitrogens with zero attached hydrogens (tertiary/aromatic N) is 1. The molecule has 0 saturated carbocycles. The molecule has 1 saturated heterocycles. The van der Waals surface area contributed by atoms with Gasteiger partial charge in [0.1, 0.15) is 0 Å². The lowest BCUT2D eigenvalue weighted by molar-refractivity contribution is -0.517. The average molecular weight is 275 g/mol. The first-order chi connectivity index (χ1) is 9.03. The molecule has 0 amide bonds. The third-order valence-corrected chi connectivity index (χ3v) is 5.10. The van der Waals surface area contributed by atoms with Crippen molar-refractivity contribution in [2.75, 3.05) is 0 Å². The van der Waals surface area contributed by atoms with Gasteiger partial charge in [-0.1, -0.05) is 36.4 Å². The molecule has 0 radical (unpaired) electrons. The zero-order valence-corrected chi connectivity index (χ0v) is 10.5. The molecule has 2 unspecified atom stereocenters. The molecule has 5 nitrogen and oxygen atoms in total. The van der Waals surface area contributed by atoms with Crippen LogP contribution in [0.3, 0.4) is 0 Å². The molecule has 0 spiro atoms. The van der Waals surface area contributed by atoms with E-state index in [-0.39, 0.29) is 10.5 Å². The van der Waals surface area contributed by atoms with E-state index in [2.05, 4.69) is 0 Å². The number of carbonyl (C=O) groups is 1. The summed E-state index contributed by atoms with van der Waals surface area (Å²) in [7, 11) is 0. The number of benzene rings is 1. The van der Waals surface area contributed by atoms with E-state index >= 15 is 0 Å². The fraction of sp³-hybridized carbons (Fsp3) is 0.154. The second-order valence-corrected chi connectivity index (χ2v) is 5.83. The maximum atomic E-state index is 11.3. The molecule has 19 heavy (non-hydrogen) atoms. The third-order valence-electron chi connectivity index (χ3n) is 3.40. The topological polar surface area (TPSA) is 80.4 Å². The number of aromatic carboxylic acids is 1. The van der Waals surface area contributed by atoms with Gasteiger partial charge < -0.3 is 5.11 Å². The van der Waals surface area contributed by atoms with E-state index < -0.39 is 15.6 Å². The van der Waals surface area contributed by atoms with Gasteiger partial charge >= 0.3 is 10.8 Å². The smallest absolute Gasteiger partial charge is 0.336 e. The number of hydrogen-bond donors (Lipinski definition) is 1. The highest BCUT2D eigenvalue weighted by Crippen LogP contribution is 2.73. The van der Waals surface area contributed by atoms with Gasteiger partial charge in [0.15, 0.2) is 4.75 Å². The third kappa shape index (κ3) is 1.40. The van der Waals surface area contributed by atoms with Crippen LogP contribution in [-0.2, 0) is 4.75 Å². The van der Waals surface area contributed by atoms with Gasteiger partial charge in [-0.2, -0.15) is 0 Å². The van der Waals surface area contributed by atoms with Gasteiger partial charge in [0.05, 0.1) is 5.56 Å². The molecule has 0 aromatic heterocycles. The summed E-state index contributed by atoms with van der Waals surface area (Å²) in [6.45, 7) is 0. The fourth-order valence-electron chi connectivity index (χ4n) is 2.47. The number of hydrogen-bond acceptors (Lipinski definition) is 4. The van der Waals surface area contributed by atoms with E-state index in [1.807, 2.05) is 0 Å². The lowest BCUT2D eigenvalue weighted by atomic mass is 9.86. The van der Waals surface area contributed by atoms with Crippen LogP contribution >= 0.6 is 11.8 Å². The van der Waals surface area contributed by atoms with Crippen LogP contribution in [0.25, 0.3) is 0 Å². The lowest BCUT2D eigenvalue weighted by Gasteiger charge is -2.16. The van der Waals surface area contributed by atoms with Crippen molar-refractivity contribution in [2.45, 2.75) is 9.62 Å². The van der Waals surface area contributed by atoms with Gasteiger partial charge in [-0.25, -0.2) is 4.79 Å². The summed E-state index contributed by atoms with van der Waals surface area (Å²) in [5.41, 5.74) is 0.587. The number of allylic oxidation sites excluding steroid dienone is 2. The molecule has 1 N–H and O–H groups in total. The van der Waals surface area contributed by atoms with E-state index in [0.29, 0.717) is 5.56 Å². The highest BCUT2D eigenvalue weighted by Gasteiger charge is 2.79. The van der Waals surface area contributed by atoms with Crippen LogP contribution in [0, 0.1) is 10.1 Å². The van der Waals surface area contributed by atoms with Gasteiger partial charge in [0.2, 0.25) is 0 Å². The van der Waals surface area contributed by atoms with Gasteiger partial charge in [-0.3, -0.25) is 10.1 Å². The molecule has 1 aliphatic heterocycles. The summed E-state index contributed by atoms with van der Waals surface area (Å²) < 4.78 is -0.903. The van der Waals surface area contributed by atoms with Crippen LogP contribution in [-0.4, -0.2) is 20.9 Å². The predicted octanol–water partition coefficient (Wildman–Crippen LogP) is 2.43. The Morgan fingerprint density at radius 2 is 1.95 bits per heavy atom. The number of carboxylic acids is 1. The maximum absolute atomic E-state index is 11.3. The summed E-state index contributed by atoms with van der Waals surface area (Å²) >= 11 is 1.15. The summed E-state index contributed by atoms with van der Waals surface area (Å²) in [6, 6.07) is 6.44. The van der Waals surface area contributed by atoms with E-state index in [9.17, 15) is 20.0 Å². The average Bonchev–Trinajstić information content (AvgIpc) is 3.10. The van der Waals surface area contributed by atoms with Crippen molar-refractivity contribution in [3.8, 4) is 0 Å². The largest absolute Gasteiger partial charge is 0.478 e. The molecule has 96 valence electrons. The van der Waals surface area contributed by atoms with Crippen LogP contribution in [0.15, 0.2) is 48.6 Å². The second-order valence-electron chi connectivity index (χ2n) is 4.36. The first kappa shape index (κ1) is 12.0. The van der Waals surface area contributed by atoms with Crippen molar-refractivity contribution in [2.24, 2.45) is 0 Å². The molecule has 1 aromatic carbocycles. The first-order valence-corrected chi connectivity index (χ1v) is 6.40. The molecule has 6 heteroatoms. The number of rotatable bonds is 3.